The Labute approximate surface area is 205 Å². The first kappa shape index (κ1) is 23.2. The maximum absolute atomic E-state index is 13.7. The van der Waals surface area contributed by atoms with Gasteiger partial charge in [-0.25, -0.2) is 12.8 Å². The van der Waals surface area contributed by atoms with Crippen molar-refractivity contribution in [2.75, 3.05) is 35.8 Å². The van der Waals surface area contributed by atoms with E-state index in [1.165, 1.54) is 17.6 Å². The number of carbonyl (C=O) groups excluding carboxylic acids is 1. The van der Waals surface area contributed by atoms with E-state index in [2.05, 4.69) is 19.8 Å². The number of fused-ring (bicyclic) bond motifs is 1. The quantitative estimate of drug-likeness (QED) is 0.424. The van der Waals surface area contributed by atoms with Crippen LogP contribution in [-0.2, 0) is 14.8 Å². The number of nitrogens with zero attached hydrogens (tertiary/aromatic N) is 5. The molecule has 1 N–H and O–H groups in total. The Balaban J connectivity index is 1.22. The Hall–Kier alpha value is -3.51. The molecule has 2 aromatic heterocycles. The molecule has 1 aliphatic rings. The monoisotopic (exact) mass is 514 g/mol. The molecule has 1 amide bonds. The van der Waals surface area contributed by atoms with E-state index in [1.54, 1.807) is 30.3 Å². The highest BCUT2D eigenvalue weighted by Crippen LogP contribution is 2.25. The molecule has 1 fully saturated rings. The number of rotatable bonds is 6. The molecule has 1 unspecified atom stereocenters. The Kier molecular flexibility index (Phi) is 6.15. The van der Waals surface area contributed by atoms with Crippen LogP contribution in [0, 0.1) is 5.82 Å². The van der Waals surface area contributed by atoms with Gasteiger partial charge in [-0.2, -0.15) is 0 Å². The van der Waals surface area contributed by atoms with Crippen LogP contribution < -0.4 is 9.62 Å². The van der Waals surface area contributed by atoms with Crippen molar-refractivity contribution in [3.05, 3.63) is 66.1 Å². The van der Waals surface area contributed by atoms with Gasteiger partial charge in [-0.05, 0) is 60.8 Å². The van der Waals surface area contributed by atoms with Crippen LogP contribution in [0.2, 0.25) is 0 Å². The lowest BCUT2D eigenvalue weighted by Gasteiger charge is -2.37. The maximum Gasteiger partial charge on any atom is 0.263 e. The van der Waals surface area contributed by atoms with Gasteiger partial charge >= 0.3 is 0 Å². The molecule has 2 aromatic carbocycles. The molecule has 4 aromatic rings. The molecule has 0 aliphatic carbocycles. The van der Waals surface area contributed by atoms with E-state index in [0.717, 1.165) is 22.4 Å². The van der Waals surface area contributed by atoms with Gasteiger partial charge in [0.05, 0.1) is 10.4 Å². The van der Waals surface area contributed by atoms with Crippen molar-refractivity contribution in [1.29, 1.82) is 0 Å². The zero-order valence-corrected chi connectivity index (χ0v) is 20.5. The fourth-order valence-corrected chi connectivity index (χ4v) is 5.95. The summed E-state index contributed by atoms with van der Waals surface area (Å²) in [5, 5.41) is 8.43. The number of sulfonamides is 1. The van der Waals surface area contributed by atoms with Gasteiger partial charge in [0, 0.05) is 38.1 Å². The Morgan fingerprint density at radius 1 is 1.09 bits per heavy atom. The second kappa shape index (κ2) is 9.27. The van der Waals surface area contributed by atoms with E-state index < -0.39 is 16.1 Å². The van der Waals surface area contributed by atoms with Crippen LogP contribution in [0.25, 0.3) is 10.9 Å². The number of carbonyl (C=O) groups is 1. The summed E-state index contributed by atoms with van der Waals surface area (Å²) >= 11 is 1.10. The van der Waals surface area contributed by atoms with Gasteiger partial charge in [0.25, 0.3) is 10.0 Å². The Bertz CT molecular complexity index is 1450. The molecule has 35 heavy (non-hydrogen) atoms. The number of anilines is 2. The van der Waals surface area contributed by atoms with Crippen LogP contribution in [-0.4, -0.2) is 60.2 Å². The number of piperazine rings is 1. The molecule has 5 rings (SSSR count). The molecular formula is C23H23FN6O3S2. The summed E-state index contributed by atoms with van der Waals surface area (Å²) in [6, 6.07) is 12.6. The van der Waals surface area contributed by atoms with Gasteiger partial charge in [0.2, 0.25) is 11.0 Å². The molecule has 0 radical (unpaired) electrons. The van der Waals surface area contributed by atoms with Gasteiger partial charge in [-0.1, -0.05) is 11.3 Å². The smallest absolute Gasteiger partial charge is 0.263 e. The van der Waals surface area contributed by atoms with Crippen LogP contribution >= 0.6 is 11.3 Å². The van der Waals surface area contributed by atoms with Crippen LogP contribution in [0.5, 0.6) is 0 Å². The molecule has 1 saturated heterocycles. The van der Waals surface area contributed by atoms with Crippen molar-refractivity contribution in [2.24, 2.45) is 0 Å². The molecule has 1 aliphatic heterocycles. The molecule has 182 valence electrons. The lowest BCUT2D eigenvalue weighted by Crippen LogP contribution is -2.50. The highest BCUT2D eigenvalue weighted by atomic mass is 32.2. The Morgan fingerprint density at radius 3 is 2.51 bits per heavy atom. The predicted molar refractivity (Wildman–Crippen MR) is 133 cm³/mol. The molecule has 1 atom stereocenters. The largest absolute Gasteiger partial charge is 0.368 e. The minimum Gasteiger partial charge on any atom is -0.368 e. The van der Waals surface area contributed by atoms with E-state index in [4.69, 9.17) is 0 Å². The third-order valence-electron chi connectivity index (χ3n) is 6.15. The summed E-state index contributed by atoms with van der Waals surface area (Å²) in [4.78, 5) is 17.2. The number of aromatic nitrogens is 3. The fraction of sp³-hybridized carbons (Fsp3) is 0.261. The molecule has 0 bridgehead atoms. The number of hydrogen-bond donors (Lipinski definition) is 1. The molecule has 3 heterocycles. The van der Waals surface area contributed by atoms with E-state index in [9.17, 15) is 17.6 Å². The average Bonchev–Trinajstić information content (AvgIpc) is 3.52. The van der Waals surface area contributed by atoms with Crippen molar-refractivity contribution in [3.63, 3.8) is 0 Å². The summed E-state index contributed by atoms with van der Waals surface area (Å²) in [5.74, 6) is -0.351. The Morgan fingerprint density at radius 2 is 1.83 bits per heavy atom. The van der Waals surface area contributed by atoms with Crippen molar-refractivity contribution in [1.82, 2.24) is 19.7 Å². The summed E-state index contributed by atoms with van der Waals surface area (Å²) < 4.78 is 43.0. The zero-order chi connectivity index (χ0) is 24.6. The van der Waals surface area contributed by atoms with E-state index >= 15 is 0 Å². The number of amides is 1. The zero-order valence-electron chi connectivity index (χ0n) is 18.8. The lowest BCUT2D eigenvalue weighted by molar-refractivity contribution is -0.134. The minimum atomic E-state index is -3.74. The summed E-state index contributed by atoms with van der Waals surface area (Å²) in [6.45, 7) is 4.14. The molecular weight excluding hydrogens is 491 g/mol. The van der Waals surface area contributed by atoms with Crippen LogP contribution in [0.4, 0.5) is 15.2 Å². The van der Waals surface area contributed by atoms with E-state index in [0.29, 0.717) is 31.7 Å². The van der Waals surface area contributed by atoms with E-state index in [1.807, 2.05) is 28.7 Å². The molecule has 12 heteroatoms. The SMILES string of the molecule is CC(C(=O)N1CCN(c2ccc(S(=O)(=O)Nc3nncs3)cc2)CC1)n1ccc2ccc(F)cc21. The maximum atomic E-state index is 13.7. The van der Waals surface area contributed by atoms with Gasteiger partial charge in [0.1, 0.15) is 17.4 Å². The third-order valence-corrected chi connectivity index (χ3v) is 8.24. The molecule has 0 spiro atoms. The normalized spacial score (nSPS) is 15.4. The number of nitrogens with one attached hydrogen (secondary N) is 1. The summed E-state index contributed by atoms with van der Waals surface area (Å²) in [6.07, 6.45) is 1.82. The second-order valence-corrected chi connectivity index (χ2v) is 10.8. The van der Waals surface area contributed by atoms with Crippen molar-refractivity contribution >= 4 is 49.0 Å². The van der Waals surface area contributed by atoms with Crippen LogP contribution in [0.15, 0.2) is 65.1 Å². The average molecular weight is 515 g/mol. The van der Waals surface area contributed by atoms with Crippen molar-refractivity contribution in [3.8, 4) is 0 Å². The first-order chi connectivity index (χ1) is 16.8. The molecule has 9 nitrogen and oxygen atoms in total. The number of benzene rings is 2. The van der Waals surface area contributed by atoms with Gasteiger partial charge in [0.15, 0.2) is 0 Å². The summed E-state index contributed by atoms with van der Waals surface area (Å²) in [5.41, 5.74) is 3.03. The second-order valence-electron chi connectivity index (χ2n) is 8.26. The molecule has 0 saturated carbocycles. The van der Waals surface area contributed by atoms with Crippen molar-refractivity contribution in [2.45, 2.75) is 17.9 Å². The fourth-order valence-electron chi connectivity index (χ4n) is 4.26. The van der Waals surface area contributed by atoms with Crippen molar-refractivity contribution < 1.29 is 17.6 Å². The van der Waals surface area contributed by atoms with E-state index in [-0.39, 0.29) is 21.8 Å². The van der Waals surface area contributed by atoms with Gasteiger partial charge in [-0.15, -0.1) is 10.2 Å². The lowest BCUT2D eigenvalue weighted by atomic mass is 10.2. The first-order valence-corrected chi connectivity index (χ1v) is 13.4. The number of hydrogen-bond acceptors (Lipinski definition) is 7. The van der Waals surface area contributed by atoms with Gasteiger partial charge < -0.3 is 14.4 Å². The highest BCUT2D eigenvalue weighted by molar-refractivity contribution is 7.93. The van der Waals surface area contributed by atoms with Gasteiger partial charge in [-0.3, -0.25) is 9.52 Å². The predicted octanol–water partition coefficient (Wildman–Crippen LogP) is 3.34. The summed E-state index contributed by atoms with van der Waals surface area (Å²) in [7, 11) is -3.74. The first-order valence-electron chi connectivity index (χ1n) is 11.0. The third kappa shape index (κ3) is 4.71. The number of halogens is 1. The minimum absolute atomic E-state index is 0.0180. The topological polar surface area (TPSA) is 100 Å². The standard InChI is InChI=1S/C23H23FN6O3S2/c1-16(30-9-8-17-2-3-18(24)14-21(17)30)22(31)29-12-10-28(11-13-29)19-4-6-20(7-5-19)35(32,33)27-23-26-25-15-34-23/h2-9,14-16H,10-13H2,1H3,(H,26,27). The highest BCUT2D eigenvalue weighted by Gasteiger charge is 2.27. The van der Waals surface area contributed by atoms with Crippen LogP contribution in [0.3, 0.4) is 0 Å². The van der Waals surface area contributed by atoms with Crippen LogP contribution in [0.1, 0.15) is 13.0 Å².